The van der Waals surface area contributed by atoms with Gasteiger partial charge >= 0.3 is 0 Å². The largest absolute Gasteiger partial charge is 0.355 e. The second kappa shape index (κ2) is 7.89. The summed E-state index contributed by atoms with van der Waals surface area (Å²) >= 11 is 3.21. The molecule has 0 aliphatic rings. The number of halogens is 2. The van der Waals surface area contributed by atoms with Gasteiger partial charge in [0.05, 0.1) is 10.5 Å². The van der Waals surface area contributed by atoms with Gasteiger partial charge in [-0.1, -0.05) is 35.0 Å². The van der Waals surface area contributed by atoms with Crippen LogP contribution in [0.3, 0.4) is 0 Å². The summed E-state index contributed by atoms with van der Waals surface area (Å²) in [5, 5.41) is 5.07. The zero-order valence-electron chi connectivity index (χ0n) is 10.6. The highest BCUT2D eigenvalue weighted by Crippen LogP contribution is 2.12. The SMILES string of the molecule is CC[C@@H](Br)C(=O)NCCC(=O)Nc1ccccc1F. The van der Waals surface area contributed by atoms with Gasteiger partial charge in [0.2, 0.25) is 11.8 Å². The van der Waals surface area contributed by atoms with Crippen molar-refractivity contribution in [3.05, 3.63) is 30.1 Å². The van der Waals surface area contributed by atoms with Gasteiger partial charge in [-0.2, -0.15) is 0 Å². The molecule has 0 aliphatic heterocycles. The average molecular weight is 331 g/mol. The maximum Gasteiger partial charge on any atom is 0.233 e. The van der Waals surface area contributed by atoms with Crippen molar-refractivity contribution < 1.29 is 14.0 Å². The zero-order chi connectivity index (χ0) is 14.3. The van der Waals surface area contributed by atoms with Gasteiger partial charge in [-0.15, -0.1) is 0 Å². The molecular formula is C13H16BrFN2O2. The Bertz CT molecular complexity index is 454. The van der Waals surface area contributed by atoms with Gasteiger partial charge < -0.3 is 10.6 Å². The van der Waals surface area contributed by atoms with Crippen LogP contribution in [0.2, 0.25) is 0 Å². The first-order valence-corrected chi connectivity index (χ1v) is 6.92. The molecular weight excluding hydrogens is 315 g/mol. The second-order valence-electron chi connectivity index (χ2n) is 3.94. The summed E-state index contributed by atoms with van der Waals surface area (Å²) in [6.45, 7) is 2.10. The normalized spacial score (nSPS) is 11.7. The number of alkyl halides is 1. The zero-order valence-corrected chi connectivity index (χ0v) is 12.2. The number of amides is 2. The highest BCUT2D eigenvalue weighted by atomic mass is 79.9. The highest BCUT2D eigenvalue weighted by molar-refractivity contribution is 9.10. The first kappa shape index (κ1) is 15.6. The van der Waals surface area contributed by atoms with Crippen molar-refractivity contribution in [2.45, 2.75) is 24.6 Å². The minimum Gasteiger partial charge on any atom is -0.355 e. The summed E-state index contributed by atoms with van der Waals surface area (Å²) < 4.78 is 13.3. The third kappa shape index (κ3) is 5.38. The summed E-state index contributed by atoms with van der Waals surface area (Å²) in [4.78, 5) is 22.7. The molecule has 0 bridgehead atoms. The Morgan fingerprint density at radius 3 is 2.68 bits per heavy atom. The van der Waals surface area contributed by atoms with E-state index in [0.29, 0.717) is 6.42 Å². The quantitative estimate of drug-likeness (QED) is 0.787. The summed E-state index contributed by atoms with van der Waals surface area (Å²) in [6, 6.07) is 5.94. The van der Waals surface area contributed by atoms with Crippen LogP contribution in [0.4, 0.5) is 10.1 Å². The minimum absolute atomic E-state index is 0.101. The molecule has 0 aliphatic carbocycles. The van der Waals surface area contributed by atoms with E-state index in [0.717, 1.165) is 0 Å². The van der Waals surface area contributed by atoms with E-state index in [1.54, 1.807) is 12.1 Å². The first-order valence-electron chi connectivity index (χ1n) is 6.00. The molecule has 0 heterocycles. The minimum atomic E-state index is -0.480. The molecule has 2 amide bonds. The molecule has 4 nitrogen and oxygen atoms in total. The van der Waals surface area contributed by atoms with Gasteiger partial charge in [0.1, 0.15) is 5.82 Å². The van der Waals surface area contributed by atoms with Crippen molar-refractivity contribution >= 4 is 33.4 Å². The Labute approximate surface area is 119 Å². The van der Waals surface area contributed by atoms with Gasteiger partial charge in [0.25, 0.3) is 0 Å². The summed E-state index contributed by atoms with van der Waals surface area (Å²) in [5.74, 6) is -0.972. The molecule has 1 rings (SSSR count). The van der Waals surface area contributed by atoms with Gasteiger partial charge in [-0.05, 0) is 18.6 Å². The summed E-state index contributed by atoms with van der Waals surface area (Å²) in [6.07, 6.45) is 0.775. The Morgan fingerprint density at radius 1 is 1.37 bits per heavy atom. The number of carbonyl (C=O) groups is 2. The molecule has 0 radical (unpaired) electrons. The molecule has 0 aromatic heterocycles. The van der Waals surface area contributed by atoms with Crippen LogP contribution in [-0.4, -0.2) is 23.2 Å². The van der Waals surface area contributed by atoms with E-state index in [4.69, 9.17) is 0 Å². The van der Waals surface area contributed by atoms with Crippen LogP contribution >= 0.6 is 15.9 Å². The smallest absolute Gasteiger partial charge is 0.233 e. The monoisotopic (exact) mass is 330 g/mol. The molecule has 0 fully saturated rings. The second-order valence-corrected chi connectivity index (χ2v) is 5.05. The number of carbonyl (C=O) groups excluding carboxylic acids is 2. The van der Waals surface area contributed by atoms with Crippen LogP contribution in [0.1, 0.15) is 19.8 Å². The van der Waals surface area contributed by atoms with Crippen molar-refractivity contribution in [2.24, 2.45) is 0 Å². The van der Waals surface area contributed by atoms with Gasteiger partial charge in [-0.25, -0.2) is 4.39 Å². The lowest BCUT2D eigenvalue weighted by atomic mass is 10.3. The van der Waals surface area contributed by atoms with E-state index >= 15 is 0 Å². The van der Waals surface area contributed by atoms with Crippen molar-refractivity contribution in [3.63, 3.8) is 0 Å². The first-order chi connectivity index (χ1) is 9.04. The Hall–Kier alpha value is -1.43. The van der Waals surface area contributed by atoms with Crippen molar-refractivity contribution in [2.75, 3.05) is 11.9 Å². The molecule has 1 aromatic carbocycles. The van der Waals surface area contributed by atoms with Crippen LogP contribution in [0.5, 0.6) is 0 Å². The molecule has 0 spiro atoms. The lowest BCUT2D eigenvalue weighted by Crippen LogP contribution is -2.33. The molecule has 0 unspecified atom stereocenters. The lowest BCUT2D eigenvalue weighted by Gasteiger charge is -2.09. The van der Waals surface area contributed by atoms with Gasteiger partial charge in [0, 0.05) is 13.0 Å². The summed E-state index contributed by atoms with van der Waals surface area (Å²) in [7, 11) is 0. The maximum atomic E-state index is 13.3. The lowest BCUT2D eigenvalue weighted by molar-refractivity contribution is -0.120. The van der Waals surface area contributed by atoms with Crippen LogP contribution < -0.4 is 10.6 Å². The number of nitrogens with one attached hydrogen (secondary N) is 2. The van der Waals surface area contributed by atoms with E-state index in [-0.39, 0.29) is 35.3 Å². The third-order valence-electron chi connectivity index (χ3n) is 2.44. The Kier molecular flexibility index (Phi) is 6.49. The van der Waals surface area contributed by atoms with E-state index in [2.05, 4.69) is 26.6 Å². The van der Waals surface area contributed by atoms with Crippen LogP contribution in [-0.2, 0) is 9.59 Å². The fourth-order valence-corrected chi connectivity index (χ4v) is 1.53. The van der Waals surface area contributed by atoms with Crippen LogP contribution in [0.15, 0.2) is 24.3 Å². The number of anilines is 1. The van der Waals surface area contributed by atoms with E-state index in [9.17, 15) is 14.0 Å². The molecule has 1 aromatic rings. The highest BCUT2D eigenvalue weighted by Gasteiger charge is 2.12. The van der Waals surface area contributed by atoms with E-state index in [1.165, 1.54) is 12.1 Å². The topological polar surface area (TPSA) is 58.2 Å². The summed E-state index contributed by atoms with van der Waals surface area (Å²) in [5.41, 5.74) is 0.144. The number of hydrogen-bond donors (Lipinski definition) is 2. The number of rotatable bonds is 6. The van der Waals surface area contributed by atoms with Crippen LogP contribution in [0.25, 0.3) is 0 Å². The number of benzene rings is 1. The Balaban J connectivity index is 2.33. The van der Waals surface area contributed by atoms with E-state index in [1.807, 2.05) is 6.92 Å². The molecule has 104 valence electrons. The predicted octanol–water partition coefficient (Wildman–Crippen LogP) is 2.44. The molecule has 19 heavy (non-hydrogen) atoms. The van der Waals surface area contributed by atoms with Gasteiger partial charge in [-0.3, -0.25) is 9.59 Å². The molecule has 1 atom stereocenters. The predicted molar refractivity (Wildman–Crippen MR) is 75.7 cm³/mol. The Morgan fingerprint density at radius 2 is 2.05 bits per heavy atom. The van der Waals surface area contributed by atoms with Crippen molar-refractivity contribution in [1.29, 1.82) is 0 Å². The fourth-order valence-electron chi connectivity index (χ4n) is 1.37. The molecule has 0 saturated carbocycles. The van der Waals surface area contributed by atoms with E-state index < -0.39 is 5.82 Å². The number of para-hydroxylation sites is 1. The fraction of sp³-hybridized carbons (Fsp3) is 0.385. The molecule has 6 heteroatoms. The molecule has 0 saturated heterocycles. The van der Waals surface area contributed by atoms with Crippen molar-refractivity contribution in [3.8, 4) is 0 Å². The average Bonchev–Trinajstić information content (AvgIpc) is 2.40. The van der Waals surface area contributed by atoms with Gasteiger partial charge in [0.15, 0.2) is 0 Å². The third-order valence-corrected chi connectivity index (χ3v) is 3.51. The standard InChI is InChI=1S/C13H16BrFN2O2/c1-2-9(14)13(19)16-8-7-12(18)17-11-6-4-3-5-10(11)15/h3-6,9H,2,7-8H2,1H3,(H,16,19)(H,17,18)/t9-/m1/s1. The van der Waals surface area contributed by atoms with Crippen molar-refractivity contribution in [1.82, 2.24) is 5.32 Å². The van der Waals surface area contributed by atoms with Crippen LogP contribution in [0, 0.1) is 5.82 Å². The molecule has 2 N–H and O–H groups in total. The maximum absolute atomic E-state index is 13.3. The number of hydrogen-bond acceptors (Lipinski definition) is 2.